The molecule has 3 nitrogen and oxygen atoms in total. The Bertz CT molecular complexity index is 375. The second-order valence-electron chi connectivity index (χ2n) is 2.35. The molecule has 0 saturated carbocycles. The highest BCUT2D eigenvalue weighted by molar-refractivity contribution is 9.10. The van der Waals surface area contributed by atoms with Crippen molar-refractivity contribution in [2.45, 2.75) is 0 Å². The smallest absolute Gasteiger partial charge is 0.229 e. The Kier molecular flexibility index (Phi) is 2.74. The van der Waals surface area contributed by atoms with Crippen LogP contribution in [-0.4, -0.2) is 14.7 Å². The predicted molar refractivity (Wildman–Crippen MR) is 52.6 cm³/mol. The highest BCUT2D eigenvalue weighted by atomic mass is 79.9. The van der Waals surface area contributed by atoms with Gasteiger partial charge in [-0.25, -0.2) is 8.42 Å². The lowest BCUT2D eigenvalue weighted by molar-refractivity contribution is 0.607. The minimum Gasteiger partial charge on any atom is -0.283 e. The molecule has 0 unspecified atom stereocenters. The number of benzene rings is 1. The molecule has 0 atom stereocenters. The Morgan fingerprint density at radius 3 is 2.42 bits per heavy atom. The second-order valence-corrected chi connectivity index (χ2v) is 4.96. The van der Waals surface area contributed by atoms with Crippen molar-refractivity contribution in [3.05, 3.63) is 28.7 Å². The largest absolute Gasteiger partial charge is 0.283 e. The minimum absolute atomic E-state index is 0.556. The summed E-state index contributed by atoms with van der Waals surface area (Å²) in [4.78, 5) is 0. The predicted octanol–water partition coefficient (Wildman–Crippen LogP) is 1.82. The Balaban J connectivity index is 2.98. The molecule has 0 heterocycles. The number of sulfonamides is 1. The van der Waals surface area contributed by atoms with Crippen LogP contribution in [-0.2, 0) is 10.0 Å². The molecule has 5 heteroatoms. The molecule has 12 heavy (non-hydrogen) atoms. The third-order valence-corrected chi connectivity index (χ3v) is 2.45. The average Bonchev–Trinajstić information content (AvgIpc) is 1.91. The minimum atomic E-state index is -3.18. The summed E-state index contributed by atoms with van der Waals surface area (Å²) in [6, 6.07) is 7.04. The SMILES string of the molecule is CS(=O)(=O)Nc1ccccc1Br. The van der Waals surface area contributed by atoms with Crippen LogP contribution in [0.2, 0.25) is 0 Å². The molecule has 0 bridgehead atoms. The molecule has 0 amide bonds. The van der Waals surface area contributed by atoms with Crippen molar-refractivity contribution in [2.24, 2.45) is 0 Å². The van der Waals surface area contributed by atoms with Crippen molar-refractivity contribution in [3.63, 3.8) is 0 Å². The van der Waals surface area contributed by atoms with Crippen LogP contribution in [0.4, 0.5) is 5.69 Å². The lowest BCUT2D eigenvalue weighted by Crippen LogP contribution is -2.09. The molecule has 66 valence electrons. The van der Waals surface area contributed by atoms with E-state index in [1.165, 1.54) is 0 Å². The van der Waals surface area contributed by atoms with Gasteiger partial charge in [0, 0.05) is 4.47 Å². The number of nitrogens with one attached hydrogen (secondary N) is 1. The van der Waals surface area contributed by atoms with E-state index in [2.05, 4.69) is 20.7 Å². The molecule has 0 aromatic heterocycles. The van der Waals surface area contributed by atoms with E-state index < -0.39 is 10.0 Å². The molecule has 0 aliphatic heterocycles. The van der Waals surface area contributed by atoms with Crippen molar-refractivity contribution in [1.29, 1.82) is 0 Å². The lowest BCUT2D eigenvalue weighted by Gasteiger charge is -2.04. The van der Waals surface area contributed by atoms with E-state index in [4.69, 9.17) is 0 Å². The number of hydrogen-bond donors (Lipinski definition) is 1. The van der Waals surface area contributed by atoms with Gasteiger partial charge in [0.05, 0.1) is 11.9 Å². The van der Waals surface area contributed by atoms with E-state index in [-0.39, 0.29) is 0 Å². The van der Waals surface area contributed by atoms with Gasteiger partial charge >= 0.3 is 0 Å². The van der Waals surface area contributed by atoms with Crippen LogP contribution in [0.5, 0.6) is 0 Å². The van der Waals surface area contributed by atoms with Gasteiger partial charge in [-0.05, 0) is 28.1 Å². The Morgan fingerprint density at radius 2 is 1.92 bits per heavy atom. The molecular formula is C7H8BrNO2S. The summed E-state index contributed by atoms with van der Waals surface area (Å²) >= 11 is 3.22. The van der Waals surface area contributed by atoms with Gasteiger partial charge in [-0.2, -0.15) is 0 Å². The van der Waals surface area contributed by atoms with Gasteiger partial charge in [0.15, 0.2) is 0 Å². The van der Waals surface area contributed by atoms with Crippen molar-refractivity contribution < 1.29 is 8.42 Å². The third-order valence-electron chi connectivity index (χ3n) is 1.17. The zero-order chi connectivity index (χ0) is 9.19. The van der Waals surface area contributed by atoms with Crippen LogP contribution in [0.3, 0.4) is 0 Å². The maximum atomic E-state index is 10.8. The normalized spacial score (nSPS) is 11.2. The van der Waals surface area contributed by atoms with E-state index in [9.17, 15) is 8.42 Å². The van der Waals surface area contributed by atoms with Crippen molar-refractivity contribution in [3.8, 4) is 0 Å². The first-order chi connectivity index (χ1) is 5.49. The van der Waals surface area contributed by atoms with E-state index in [1.807, 2.05) is 6.07 Å². The first-order valence-electron chi connectivity index (χ1n) is 3.21. The highest BCUT2D eigenvalue weighted by Gasteiger charge is 2.03. The lowest BCUT2D eigenvalue weighted by atomic mass is 10.3. The molecule has 1 aromatic carbocycles. The van der Waals surface area contributed by atoms with Crippen molar-refractivity contribution >= 4 is 31.6 Å². The summed E-state index contributed by atoms with van der Waals surface area (Å²) < 4.78 is 24.7. The van der Waals surface area contributed by atoms with Gasteiger partial charge in [0.1, 0.15) is 0 Å². The van der Waals surface area contributed by atoms with Gasteiger partial charge in [0.25, 0.3) is 0 Å². The maximum Gasteiger partial charge on any atom is 0.229 e. The summed E-state index contributed by atoms with van der Waals surface area (Å²) in [6.07, 6.45) is 1.12. The summed E-state index contributed by atoms with van der Waals surface area (Å²) in [6.45, 7) is 0. The van der Waals surface area contributed by atoms with Gasteiger partial charge in [-0.1, -0.05) is 12.1 Å². The monoisotopic (exact) mass is 249 g/mol. The number of anilines is 1. The van der Waals surface area contributed by atoms with Gasteiger partial charge in [-0.3, -0.25) is 4.72 Å². The Hall–Kier alpha value is -0.550. The van der Waals surface area contributed by atoms with E-state index in [1.54, 1.807) is 18.2 Å². The van der Waals surface area contributed by atoms with Gasteiger partial charge < -0.3 is 0 Å². The fourth-order valence-electron chi connectivity index (χ4n) is 0.744. The number of halogens is 1. The molecular weight excluding hydrogens is 242 g/mol. The summed E-state index contributed by atoms with van der Waals surface area (Å²) in [5.41, 5.74) is 0.556. The van der Waals surface area contributed by atoms with Crippen LogP contribution in [0.15, 0.2) is 28.7 Å². The van der Waals surface area contributed by atoms with Gasteiger partial charge in [0.2, 0.25) is 10.0 Å². The summed E-state index contributed by atoms with van der Waals surface area (Å²) in [5.74, 6) is 0. The van der Waals surface area contributed by atoms with Crippen LogP contribution in [0, 0.1) is 0 Å². The van der Waals surface area contributed by atoms with E-state index >= 15 is 0 Å². The van der Waals surface area contributed by atoms with Crippen LogP contribution in [0.25, 0.3) is 0 Å². The molecule has 0 aliphatic carbocycles. The molecule has 0 radical (unpaired) electrons. The molecule has 1 N–H and O–H groups in total. The number of rotatable bonds is 2. The molecule has 0 aliphatic rings. The molecule has 0 saturated heterocycles. The van der Waals surface area contributed by atoms with Gasteiger partial charge in [-0.15, -0.1) is 0 Å². The first-order valence-corrected chi connectivity index (χ1v) is 5.90. The molecule has 1 aromatic rings. The zero-order valence-electron chi connectivity index (χ0n) is 6.41. The van der Waals surface area contributed by atoms with Crippen molar-refractivity contribution in [2.75, 3.05) is 11.0 Å². The third kappa shape index (κ3) is 2.83. The van der Waals surface area contributed by atoms with E-state index in [0.29, 0.717) is 5.69 Å². The summed E-state index contributed by atoms with van der Waals surface area (Å²) in [7, 11) is -3.18. The standard InChI is InChI=1S/C7H8BrNO2S/c1-12(10,11)9-7-5-3-2-4-6(7)8/h2-5,9H,1H3. The van der Waals surface area contributed by atoms with Crippen LogP contribution < -0.4 is 4.72 Å². The van der Waals surface area contributed by atoms with Crippen LogP contribution in [0.1, 0.15) is 0 Å². The topological polar surface area (TPSA) is 46.2 Å². The fourth-order valence-corrected chi connectivity index (χ4v) is 1.84. The number of hydrogen-bond acceptors (Lipinski definition) is 2. The average molecular weight is 250 g/mol. The first kappa shape index (κ1) is 9.54. The van der Waals surface area contributed by atoms with Crippen molar-refractivity contribution in [1.82, 2.24) is 0 Å². The maximum absolute atomic E-state index is 10.8. The second kappa shape index (κ2) is 3.45. The molecule has 0 spiro atoms. The Morgan fingerprint density at radius 1 is 1.33 bits per heavy atom. The summed E-state index contributed by atoms with van der Waals surface area (Å²) in [5, 5.41) is 0. The molecule has 1 rings (SSSR count). The number of para-hydroxylation sites is 1. The fraction of sp³-hybridized carbons (Fsp3) is 0.143. The Labute approximate surface area is 80.0 Å². The zero-order valence-corrected chi connectivity index (χ0v) is 8.81. The van der Waals surface area contributed by atoms with E-state index in [0.717, 1.165) is 10.7 Å². The molecule has 0 fully saturated rings. The van der Waals surface area contributed by atoms with Crippen LogP contribution >= 0.6 is 15.9 Å². The highest BCUT2D eigenvalue weighted by Crippen LogP contribution is 2.21. The quantitative estimate of drug-likeness (QED) is 0.870.